The summed E-state index contributed by atoms with van der Waals surface area (Å²) in [7, 11) is 0. The monoisotopic (exact) mass is 333 g/mol. The van der Waals surface area contributed by atoms with Gasteiger partial charge in [-0.25, -0.2) is 14.8 Å². The van der Waals surface area contributed by atoms with E-state index in [1.54, 1.807) is 0 Å². The van der Waals surface area contributed by atoms with Gasteiger partial charge in [0, 0.05) is 31.4 Å². The summed E-state index contributed by atoms with van der Waals surface area (Å²) in [5.74, 6) is -1.24. The molecule has 2 saturated heterocycles. The third kappa shape index (κ3) is 4.78. The SMILES string of the molecule is C[C@H]1C[C@H]2CN(c3ncccn3)CC[C@@H]2O1.O=C(O)C(F)(F)F. The van der Waals surface area contributed by atoms with Crippen molar-refractivity contribution in [1.82, 2.24) is 9.97 Å². The van der Waals surface area contributed by atoms with E-state index < -0.39 is 12.1 Å². The summed E-state index contributed by atoms with van der Waals surface area (Å²) < 4.78 is 37.6. The number of aromatic nitrogens is 2. The van der Waals surface area contributed by atoms with Gasteiger partial charge in [-0.1, -0.05) is 0 Å². The molecule has 0 saturated carbocycles. The minimum absolute atomic E-state index is 0.423. The van der Waals surface area contributed by atoms with Crippen molar-refractivity contribution in [3.8, 4) is 0 Å². The number of hydrogen-bond donors (Lipinski definition) is 1. The highest BCUT2D eigenvalue weighted by Gasteiger charge is 2.38. The third-order valence-corrected chi connectivity index (χ3v) is 3.78. The minimum Gasteiger partial charge on any atom is -0.475 e. The molecule has 0 aromatic carbocycles. The van der Waals surface area contributed by atoms with Crippen LogP contribution in [-0.2, 0) is 9.53 Å². The van der Waals surface area contributed by atoms with Crippen molar-refractivity contribution in [2.45, 2.75) is 38.1 Å². The quantitative estimate of drug-likeness (QED) is 0.848. The number of carboxylic acids is 1. The Kier molecular flexibility index (Phi) is 5.40. The number of piperidine rings is 1. The highest BCUT2D eigenvalue weighted by molar-refractivity contribution is 5.73. The maximum atomic E-state index is 10.6. The number of anilines is 1. The van der Waals surface area contributed by atoms with Gasteiger partial charge in [-0.3, -0.25) is 0 Å². The number of ether oxygens (including phenoxy) is 1. The van der Waals surface area contributed by atoms with Crippen molar-refractivity contribution in [1.29, 1.82) is 0 Å². The van der Waals surface area contributed by atoms with Gasteiger partial charge < -0.3 is 14.7 Å². The summed E-state index contributed by atoms with van der Waals surface area (Å²) in [5.41, 5.74) is 0. The lowest BCUT2D eigenvalue weighted by Gasteiger charge is -2.33. The average Bonchev–Trinajstić information content (AvgIpc) is 2.87. The van der Waals surface area contributed by atoms with E-state index in [9.17, 15) is 13.2 Å². The molecule has 3 rings (SSSR count). The molecule has 3 heterocycles. The summed E-state index contributed by atoms with van der Waals surface area (Å²) in [5, 5.41) is 7.12. The van der Waals surface area contributed by atoms with Crippen molar-refractivity contribution in [3.63, 3.8) is 0 Å². The van der Waals surface area contributed by atoms with Gasteiger partial charge in [-0.05, 0) is 25.8 Å². The van der Waals surface area contributed by atoms with Crippen LogP contribution in [0.4, 0.5) is 19.1 Å². The average molecular weight is 333 g/mol. The van der Waals surface area contributed by atoms with E-state index in [4.69, 9.17) is 14.6 Å². The molecule has 2 aliphatic heterocycles. The summed E-state index contributed by atoms with van der Waals surface area (Å²) in [4.78, 5) is 19.8. The van der Waals surface area contributed by atoms with Crippen molar-refractivity contribution >= 4 is 11.9 Å². The second-order valence-electron chi connectivity index (χ2n) is 5.57. The van der Waals surface area contributed by atoms with Gasteiger partial charge in [0.1, 0.15) is 0 Å². The van der Waals surface area contributed by atoms with Crippen LogP contribution < -0.4 is 4.90 Å². The van der Waals surface area contributed by atoms with Gasteiger partial charge in [-0.2, -0.15) is 13.2 Å². The van der Waals surface area contributed by atoms with E-state index in [2.05, 4.69) is 21.8 Å². The lowest BCUT2D eigenvalue weighted by molar-refractivity contribution is -0.192. The first kappa shape index (κ1) is 17.5. The number of rotatable bonds is 1. The largest absolute Gasteiger partial charge is 0.490 e. The van der Waals surface area contributed by atoms with Crippen LogP contribution >= 0.6 is 0 Å². The van der Waals surface area contributed by atoms with E-state index in [1.165, 1.54) is 6.42 Å². The molecule has 0 aliphatic carbocycles. The molecule has 2 fully saturated rings. The first-order chi connectivity index (χ1) is 10.8. The van der Waals surface area contributed by atoms with Crippen LogP contribution in [0.3, 0.4) is 0 Å². The predicted octanol–water partition coefficient (Wildman–Crippen LogP) is 2.11. The molecule has 0 unspecified atom stereocenters. The van der Waals surface area contributed by atoms with Crippen LogP contribution in [0.25, 0.3) is 0 Å². The number of halogens is 3. The van der Waals surface area contributed by atoms with Crippen LogP contribution in [0, 0.1) is 5.92 Å². The number of carbonyl (C=O) groups is 1. The van der Waals surface area contributed by atoms with Crippen molar-refractivity contribution in [2.24, 2.45) is 5.92 Å². The molecule has 3 atom stereocenters. The number of fused-ring (bicyclic) bond motifs is 1. The molecule has 1 aromatic rings. The Balaban J connectivity index is 0.000000236. The first-order valence-corrected chi connectivity index (χ1v) is 7.25. The normalized spacial score (nSPS) is 27.0. The van der Waals surface area contributed by atoms with Crippen molar-refractivity contribution in [3.05, 3.63) is 18.5 Å². The molecule has 1 aromatic heterocycles. The molecule has 0 bridgehead atoms. The number of carboxylic acid groups (broad SMARTS) is 1. The molecule has 9 heteroatoms. The Bertz CT molecular complexity index is 527. The van der Waals surface area contributed by atoms with E-state index in [1.807, 2.05) is 18.5 Å². The van der Waals surface area contributed by atoms with Crippen LogP contribution in [-0.4, -0.2) is 52.5 Å². The smallest absolute Gasteiger partial charge is 0.475 e. The Morgan fingerprint density at radius 3 is 2.57 bits per heavy atom. The summed E-state index contributed by atoms with van der Waals surface area (Å²) >= 11 is 0. The molecule has 0 radical (unpaired) electrons. The summed E-state index contributed by atoms with van der Waals surface area (Å²) in [6, 6.07) is 1.86. The number of aliphatic carboxylic acids is 1. The lowest BCUT2D eigenvalue weighted by Crippen LogP contribution is -2.42. The number of alkyl halides is 3. The van der Waals surface area contributed by atoms with Gasteiger partial charge in [0.2, 0.25) is 5.95 Å². The fraction of sp³-hybridized carbons (Fsp3) is 0.643. The molecule has 1 N–H and O–H groups in total. The zero-order valence-corrected chi connectivity index (χ0v) is 12.5. The van der Waals surface area contributed by atoms with Crippen molar-refractivity contribution < 1.29 is 27.8 Å². The summed E-state index contributed by atoms with van der Waals surface area (Å²) in [6.45, 7) is 4.22. The van der Waals surface area contributed by atoms with Crippen molar-refractivity contribution in [2.75, 3.05) is 18.0 Å². The van der Waals surface area contributed by atoms with E-state index in [0.29, 0.717) is 18.1 Å². The Morgan fingerprint density at radius 2 is 2.00 bits per heavy atom. The highest BCUT2D eigenvalue weighted by atomic mass is 19.4. The second-order valence-corrected chi connectivity index (χ2v) is 5.57. The molecular formula is C14H18F3N3O3. The maximum Gasteiger partial charge on any atom is 0.490 e. The zero-order valence-electron chi connectivity index (χ0n) is 12.5. The summed E-state index contributed by atoms with van der Waals surface area (Å²) in [6.07, 6.45) is 1.70. The highest BCUT2D eigenvalue weighted by Crippen LogP contribution is 2.33. The molecular weight excluding hydrogens is 315 g/mol. The van der Waals surface area contributed by atoms with Gasteiger partial charge in [-0.15, -0.1) is 0 Å². The van der Waals surface area contributed by atoms with E-state index in [0.717, 1.165) is 25.5 Å². The Morgan fingerprint density at radius 1 is 1.39 bits per heavy atom. The van der Waals surface area contributed by atoms with E-state index in [-0.39, 0.29) is 0 Å². The van der Waals surface area contributed by atoms with Gasteiger partial charge in [0.15, 0.2) is 0 Å². The number of hydrogen-bond acceptors (Lipinski definition) is 5. The Labute approximate surface area is 131 Å². The Hall–Kier alpha value is -1.90. The minimum atomic E-state index is -5.08. The second kappa shape index (κ2) is 7.12. The van der Waals surface area contributed by atoms with Crippen LogP contribution in [0.15, 0.2) is 18.5 Å². The molecule has 23 heavy (non-hydrogen) atoms. The van der Waals surface area contributed by atoms with Gasteiger partial charge in [0.25, 0.3) is 0 Å². The van der Waals surface area contributed by atoms with Crippen LogP contribution in [0.5, 0.6) is 0 Å². The molecule has 2 aliphatic rings. The molecule has 128 valence electrons. The standard InChI is InChI=1S/C12H17N3O.C2HF3O2/c1-9-7-10-8-15(6-3-11(10)16-9)12-13-4-2-5-14-12;3-2(4,5)1(6)7/h2,4-5,9-11H,3,6-8H2,1H3;(H,6,7)/t9-,10-,11-;/m0./s1. The molecule has 6 nitrogen and oxygen atoms in total. The zero-order chi connectivity index (χ0) is 17.0. The van der Waals surface area contributed by atoms with Crippen LogP contribution in [0.1, 0.15) is 19.8 Å². The maximum absolute atomic E-state index is 10.6. The van der Waals surface area contributed by atoms with Gasteiger partial charge in [0.05, 0.1) is 12.2 Å². The van der Waals surface area contributed by atoms with E-state index >= 15 is 0 Å². The predicted molar refractivity (Wildman–Crippen MR) is 75.0 cm³/mol. The lowest BCUT2D eigenvalue weighted by atomic mass is 9.93. The topological polar surface area (TPSA) is 75.5 Å². The molecule has 0 amide bonds. The first-order valence-electron chi connectivity index (χ1n) is 7.25. The van der Waals surface area contributed by atoms with Crippen LogP contribution in [0.2, 0.25) is 0 Å². The third-order valence-electron chi connectivity index (χ3n) is 3.78. The fourth-order valence-corrected chi connectivity index (χ4v) is 2.83. The number of nitrogens with zero attached hydrogens (tertiary/aromatic N) is 3. The van der Waals surface area contributed by atoms with Gasteiger partial charge >= 0.3 is 12.1 Å². The fourth-order valence-electron chi connectivity index (χ4n) is 2.83. The molecule has 0 spiro atoms.